The fourth-order valence-electron chi connectivity index (χ4n) is 1.21. The molecule has 0 saturated carbocycles. The van der Waals surface area contributed by atoms with Crippen molar-refractivity contribution >= 4 is 15.7 Å². The van der Waals surface area contributed by atoms with Crippen LogP contribution in [0.15, 0.2) is 11.1 Å². The van der Waals surface area contributed by atoms with E-state index in [-0.39, 0.29) is 5.69 Å². The average Bonchev–Trinajstić information content (AvgIpc) is 2.14. The maximum Gasteiger partial charge on any atom is 0.316 e. The zero-order valence-corrected chi connectivity index (χ0v) is 9.24. The van der Waals surface area contributed by atoms with Crippen LogP contribution in [0, 0.1) is 17.0 Å². The second kappa shape index (κ2) is 4.30. The minimum absolute atomic E-state index is 0.102. The Kier molecular flexibility index (Phi) is 3.38. The fourth-order valence-corrected chi connectivity index (χ4v) is 1.94. The van der Waals surface area contributed by atoms with E-state index < -0.39 is 37.6 Å². The highest BCUT2D eigenvalue weighted by atomic mass is 32.2. The Labute approximate surface area is 94.5 Å². The van der Waals surface area contributed by atoms with Gasteiger partial charge < -0.3 is 0 Å². The van der Waals surface area contributed by atoms with Gasteiger partial charge in [0, 0.05) is 5.69 Å². The van der Waals surface area contributed by atoms with E-state index in [0.29, 0.717) is 0 Å². The molecule has 0 atom stereocenters. The van der Waals surface area contributed by atoms with Crippen molar-refractivity contribution in [3.8, 4) is 0 Å². The summed E-state index contributed by atoms with van der Waals surface area (Å²) >= 11 is 0. The summed E-state index contributed by atoms with van der Waals surface area (Å²) < 4.78 is 47.2. The van der Waals surface area contributed by atoms with Crippen LogP contribution in [0.2, 0.25) is 0 Å². The summed E-state index contributed by atoms with van der Waals surface area (Å²) in [5.74, 6) is 0. The van der Waals surface area contributed by atoms with Gasteiger partial charge in [0.1, 0.15) is 5.56 Å². The third-order valence-electron chi connectivity index (χ3n) is 1.81. The lowest BCUT2D eigenvalue weighted by atomic mass is 10.2. The second-order valence-corrected chi connectivity index (χ2v) is 4.59. The van der Waals surface area contributed by atoms with Crippen LogP contribution in [0.4, 0.5) is 14.5 Å². The number of nitrogens with two attached hydrogens (primary N) is 1. The monoisotopic (exact) mass is 267 g/mol. The summed E-state index contributed by atoms with van der Waals surface area (Å²) in [6, 6.07) is 0.748. The van der Waals surface area contributed by atoms with E-state index >= 15 is 0 Å². The van der Waals surface area contributed by atoms with Gasteiger partial charge in [0.2, 0.25) is 5.03 Å². The van der Waals surface area contributed by atoms with Crippen LogP contribution in [0.5, 0.6) is 0 Å². The quantitative estimate of drug-likeness (QED) is 0.644. The lowest BCUT2D eigenvalue weighted by Gasteiger charge is -2.06. The summed E-state index contributed by atoms with van der Waals surface area (Å²) in [6.45, 7) is 1.23. The van der Waals surface area contributed by atoms with Gasteiger partial charge in [0.15, 0.2) is 0 Å². The van der Waals surface area contributed by atoms with Crippen LogP contribution < -0.4 is 5.14 Å². The molecule has 7 nitrogen and oxygen atoms in total. The molecule has 0 aliphatic carbocycles. The molecular formula is C7H7F2N3O4S. The fraction of sp³-hybridized carbons (Fsp3) is 0.286. The molecule has 0 unspecified atom stereocenters. The number of halogens is 2. The minimum Gasteiger partial charge on any atom is -0.258 e. The highest BCUT2D eigenvalue weighted by molar-refractivity contribution is 7.89. The molecule has 1 rings (SSSR count). The molecule has 0 saturated heterocycles. The Morgan fingerprint density at radius 1 is 1.53 bits per heavy atom. The van der Waals surface area contributed by atoms with E-state index in [1.165, 1.54) is 6.92 Å². The van der Waals surface area contributed by atoms with Crippen LogP contribution in [0.1, 0.15) is 17.7 Å². The first kappa shape index (κ1) is 13.4. The highest BCUT2D eigenvalue weighted by Gasteiger charge is 2.32. The number of sulfonamides is 1. The van der Waals surface area contributed by atoms with E-state index in [1.807, 2.05) is 0 Å². The Morgan fingerprint density at radius 2 is 2.06 bits per heavy atom. The first-order chi connectivity index (χ1) is 7.64. The van der Waals surface area contributed by atoms with Crippen molar-refractivity contribution in [1.29, 1.82) is 0 Å². The maximum absolute atomic E-state index is 12.6. The number of hydrogen-bond donors (Lipinski definition) is 1. The average molecular weight is 267 g/mol. The molecule has 0 bridgehead atoms. The molecule has 10 heteroatoms. The molecule has 1 aromatic heterocycles. The van der Waals surface area contributed by atoms with Crippen molar-refractivity contribution < 1.29 is 22.1 Å². The third-order valence-corrected chi connectivity index (χ3v) is 2.63. The van der Waals surface area contributed by atoms with E-state index in [2.05, 4.69) is 4.98 Å². The SMILES string of the molecule is Cc1cc(C(F)F)c([N+](=O)[O-])c(S(N)(=O)=O)n1. The molecule has 1 heterocycles. The molecule has 2 N–H and O–H groups in total. The van der Waals surface area contributed by atoms with Crippen molar-refractivity contribution in [2.75, 3.05) is 0 Å². The van der Waals surface area contributed by atoms with Crippen LogP contribution in [-0.4, -0.2) is 18.3 Å². The zero-order chi connectivity index (χ0) is 13.4. The van der Waals surface area contributed by atoms with Crippen LogP contribution in [0.3, 0.4) is 0 Å². The summed E-state index contributed by atoms with van der Waals surface area (Å²) in [7, 11) is -4.54. The third kappa shape index (κ3) is 2.71. The number of primary sulfonamides is 1. The number of aromatic nitrogens is 1. The molecule has 0 radical (unpaired) electrons. The number of aryl methyl sites for hydroxylation is 1. The molecule has 0 aliphatic heterocycles. The van der Waals surface area contributed by atoms with Gasteiger partial charge in [0.05, 0.1) is 4.92 Å². The second-order valence-electron chi connectivity index (χ2n) is 3.11. The van der Waals surface area contributed by atoms with Crippen LogP contribution >= 0.6 is 0 Å². The van der Waals surface area contributed by atoms with Gasteiger partial charge in [-0.2, -0.15) is 0 Å². The molecule has 94 valence electrons. The first-order valence-corrected chi connectivity index (χ1v) is 5.66. The molecule has 0 amide bonds. The van der Waals surface area contributed by atoms with Gasteiger partial charge in [-0.25, -0.2) is 27.3 Å². The van der Waals surface area contributed by atoms with E-state index in [1.54, 1.807) is 0 Å². The molecule has 0 aliphatic rings. The van der Waals surface area contributed by atoms with Gasteiger partial charge in [-0.3, -0.25) is 10.1 Å². The van der Waals surface area contributed by atoms with E-state index in [4.69, 9.17) is 5.14 Å². The largest absolute Gasteiger partial charge is 0.316 e. The zero-order valence-electron chi connectivity index (χ0n) is 8.42. The van der Waals surface area contributed by atoms with Crippen molar-refractivity contribution in [3.63, 3.8) is 0 Å². The Balaban J connectivity index is 3.77. The number of nitro groups is 1. The molecule has 1 aromatic rings. The van der Waals surface area contributed by atoms with Crippen LogP contribution in [-0.2, 0) is 10.0 Å². The van der Waals surface area contributed by atoms with Crippen molar-refractivity contribution in [1.82, 2.24) is 4.98 Å². The topological polar surface area (TPSA) is 116 Å². The Morgan fingerprint density at radius 3 is 2.41 bits per heavy atom. The number of hydrogen-bond acceptors (Lipinski definition) is 5. The minimum atomic E-state index is -4.54. The number of nitrogens with zero attached hydrogens (tertiary/aromatic N) is 2. The lowest BCUT2D eigenvalue weighted by Crippen LogP contribution is -2.18. The Hall–Kier alpha value is -1.68. The number of alkyl halides is 2. The Bertz CT molecular complexity index is 573. The van der Waals surface area contributed by atoms with Crippen molar-refractivity contribution in [3.05, 3.63) is 27.4 Å². The predicted molar refractivity (Wildman–Crippen MR) is 52.0 cm³/mol. The molecule has 17 heavy (non-hydrogen) atoms. The molecule has 0 spiro atoms. The summed E-state index contributed by atoms with van der Waals surface area (Å²) in [6.07, 6.45) is -3.20. The van der Waals surface area contributed by atoms with Gasteiger partial charge in [0.25, 0.3) is 16.4 Å². The van der Waals surface area contributed by atoms with Gasteiger partial charge in [-0.15, -0.1) is 0 Å². The molecule has 0 aromatic carbocycles. The molecular weight excluding hydrogens is 260 g/mol. The predicted octanol–water partition coefficient (Wildman–Crippen LogP) is 0.883. The molecule has 0 fully saturated rings. The van der Waals surface area contributed by atoms with Crippen LogP contribution in [0.25, 0.3) is 0 Å². The van der Waals surface area contributed by atoms with Crippen molar-refractivity contribution in [2.45, 2.75) is 18.4 Å². The summed E-state index contributed by atoms with van der Waals surface area (Å²) in [5.41, 5.74) is -2.41. The smallest absolute Gasteiger partial charge is 0.258 e. The van der Waals surface area contributed by atoms with Gasteiger partial charge >= 0.3 is 5.69 Å². The summed E-state index contributed by atoms with van der Waals surface area (Å²) in [4.78, 5) is 12.7. The van der Waals surface area contributed by atoms with E-state index in [0.717, 1.165) is 6.07 Å². The van der Waals surface area contributed by atoms with Gasteiger partial charge in [-0.05, 0) is 13.0 Å². The van der Waals surface area contributed by atoms with E-state index in [9.17, 15) is 27.3 Å². The van der Waals surface area contributed by atoms with Crippen molar-refractivity contribution in [2.24, 2.45) is 5.14 Å². The first-order valence-electron chi connectivity index (χ1n) is 4.11. The maximum atomic E-state index is 12.6. The van der Waals surface area contributed by atoms with Gasteiger partial charge in [-0.1, -0.05) is 0 Å². The number of rotatable bonds is 3. The lowest BCUT2D eigenvalue weighted by molar-refractivity contribution is -0.389. The summed E-state index contributed by atoms with van der Waals surface area (Å²) in [5, 5.41) is 14.2. The highest BCUT2D eigenvalue weighted by Crippen LogP contribution is 2.33. The standard InChI is InChI=1S/C7H7F2N3O4S/c1-3-2-4(6(8)9)5(12(13)14)7(11-3)17(10,15)16/h2,6H,1H3,(H2,10,15,16). The normalized spacial score (nSPS) is 11.8. The number of pyridine rings is 1.